The molecular formula is C29H42FN3O4. The molecule has 2 aromatic rings. The number of carbonyl (C=O) groups excluding carboxylic acids is 2. The molecule has 0 spiro atoms. The zero-order chi connectivity index (χ0) is 28.4. The second-order valence-electron chi connectivity index (χ2n) is 7.96. The van der Waals surface area contributed by atoms with Gasteiger partial charge in [0.1, 0.15) is 24.6 Å². The zero-order valence-electron chi connectivity index (χ0n) is 23.2. The highest BCUT2D eigenvalue weighted by Gasteiger charge is 2.10. The van der Waals surface area contributed by atoms with E-state index in [9.17, 15) is 14.0 Å². The summed E-state index contributed by atoms with van der Waals surface area (Å²) in [6, 6.07) is 9.85. The van der Waals surface area contributed by atoms with Crippen LogP contribution in [0, 0.1) is 5.82 Å². The number of hydrogen-bond donors (Lipinski definition) is 3. The van der Waals surface area contributed by atoms with Gasteiger partial charge in [0.15, 0.2) is 0 Å². The van der Waals surface area contributed by atoms with E-state index in [1.807, 2.05) is 34.6 Å². The Balaban J connectivity index is 0.00000241. The summed E-state index contributed by atoms with van der Waals surface area (Å²) in [7, 11) is 1.57. The summed E-state index contributed by atoms with van der Waals surface area (Å²) in [5, 5.41) is 9.34. The van der Waals surface area contributed by atoms with Gasteiger partial charge in [-0.3, -0.25) is 9.59 Å². The average Bonchev–Trinajstić information content (AvgIpc) is 2.81. The fourth-order valence-corrected chi connectivity index (χ4v) is 3.02. The number of hydrogen-bond acceptors (Lipinski definition) is 5. The van der Waals surface area contributed by atoms with Crippen molar-refractivity contribution in [3.05, 3.63) is 65.3 Å². The van der Waals surface area contributed by atoms with Gasteiger partial charge < -0.3 is 25.4 Å². The van der Waals surface area contributed by atoms with Crippen molar-refractivity contribution in [2.24, 2.45) is 0 Å². The van der Waals surface area contributed by atoms with E-state index < -0.39 is 11.7 Å². The van der Waals surface area contributed by atoms with E-state index in [-0.39, 0.29) is 18.4 Å². The molecule has 37 heavy (non-hydrogen) atoms. The van der Waals surface area contributed by atoms with Gasteiger partial charge in [-0.1, -0.05) is 26.5 Å². The summed E-state index contributed by atoms with van der Waals surface area (Å²) < 4.78 is 25.0. The number of benzene rings is 2. The molecule has 0 atom stereocenters. The highest BCUT2D eigenvalue weighted by atomic mass is 19.1. The minimum atomic E-state index is -0.446. The molecule has 7 nitrogen and oxygen atoms in total. The Morgan fingerprint density at radius 1 is 1.03 bits per heavy atom. The first-order valence-corrected chi connectivity index (χ1v) is 12.3. The van der Waals surface area contributed by atoms with Crippen LogP contribution in [0.25, 0.3) is 12.3 Å². The van der Waals surface area contributed by atoms with Crippen LogP contribution in [0.1, 0.15) is 48.0 Å². The lowest BCUT2D eigenvalue weighted by atomic mass is 10.2. The van der Waals surface area contributed by atoms with Crippen molar-refractivity contribution in [3.63, 3.8) is 0 Å². The predicted octanol–water partition coefficient (Wildman–Crippen LogP) is 4.57. The Morgan fingerprint density at radius 2 is 1.57 bits per heavy atom. The maximum atomic E-state index is 14.7. The molecular weight excluding hydrogens is 473 g/mol. The van der Waals surface area contributed by atoms with Gasteiger partial charge in [0.2, 0.25) is 11.8 Å². The summed E-state index contributed by atoms with van der Waals surface area (Å²) in [4.78, 5) is 23.7. The van der Waals surface area contributed by atoms with Crippen molar-refractivity contribution in [2.45, 2.75) is 54.0 Å². The second-order valence-corrected chi connectivity index (χ2v) is 7.96. The van der Waals surface area contributed by atoms with Crippen LogP contribution in [-0.2, 0) is 14.3 Å². The van der Waals surface area contributed by atoms with E-state index in [0.717, 1.165) is 0 Å². The fourth-order valence-electron chi connectivity index (χ4n) is 3.02. The largest absolute Gasteiger partial charge is 0.491 e. The van der Waals surface area contributed by atoms with E-state index in [4.69, 9.17) is 9.47 Å². The Morgan fingerprint density at radius 3 is 2.05 bits per heavy atom. The maximum absolute atomic E-state index is 14.7. The van der Waals surface area contributed by atoms with Crippen LogP contribution in [0.4, 0.5) is 15.8 Å². The first kappa shape index (κ1) is 33.4. The first-order chi connectivity index (χ1) is 17.6. The molecule has 0 saturated carbocycles. The molecule has 0 unspecified atom stereocenters. The third-order valence-corrected chi connectivity index (χ3v) is 4.35. The highest BCUT2D eigenvalue weighted by molar-refractivity contribution is 6.03. The van der Waals surface area contributed by atoms with Crippen molar-refractivity contribution < 1.29 is 23.5 Å². The Bertz CT molecular complexity index is 1100. The number of methoxy groups -OCH3 is 1. The van der Waals surface area contributed by atoms with Crippen LogP contribution in [0.5, 0.6) is 5.75 Å². The van der Waals surface area contributed by atoms with Crippen LogP contribution < -0.4 is 31.1 Å². The van der Waals surface area contributed by atoms with Crippen molar-refractivity contribution in [3.8, 4) is 5.75 Å². The topological polar surface area (TPSA) is 88.7 Å². The van der Waals surface area contributed by atoms with Crippen LogP contribution in [0.2, 0.25) is 0 Å². The van der Waals surface area contributed by atoms with Crippen LogP contribution in [0.3, 0.4) is 0 Å². The molecule has 0 bridgehead atoms. The fraction of sp³-hybridized carbons (Fsp3) is 0.379. The average molecular weight is 516 g/mol. The molecule has 2 rings (SSSR count). The number of halogens is 1. The molecule has 2 amide bonds. The lowest BCUT2D eigenvalue weighted by molar-refractivity contribution is -0.127. The summed E-state index contributed by atoms with van der Waals surface area (Å²) >= 11 is 0. The zero-order valence-corrected chi connectivity index (χ0v) is 23.2. The first-order valence-electron chi connectivity index (χ1n) is 12.3. The number of carbonyl (C=O) groups is 2. The molecule has 0 radical (unpaired) electrons. The molecule has 204 valence electrons. The minimum absolute atomic E-state index is 0.0248. The summed E-state index contributed by atoms with van der Waals surface area (Å²) in [5.41, 5.74) is 1.84. The predicted molar refractivity (Wildman–Crippen MR) is 151 cm³/mol. The molecule has 0 aromatic heterocycles. The smallest absolute Gasteiger partial charge is 0.233 e. The lowest BCUT2D eigenvalue weighted by Gasteiger charge is -2.11. The van der Waals surface area contributed by atoms with Crippen LogP contribution in [0.15, 0.2) is 49.1 Å². The van der Waals surface area contributed by atoms with E-state index in [2.05, 4.69) is 29.1 Å². The quantitative estimate of drug-likeness (QED) is 0.245. The van der Waals surface area contributed by atoms with Gasteiger partial charge in [-0.15, -0.1) is 6.58 Å². The number of allylic oxidation sites excluding steroid dienone is 1. The standard InChI is InChI=1S/C24H30FN3O4.C3H6.C2H6/c1-15(2)26-22(29)14-23(30)28-19-8-6-18(7-9-19)27-17(4)24-16(3)12-20(13-21(24)25)32-11-10-31-5;1-3-2;1-2/h6-9,12-13,15,27H,3,10-11,14H2,1-2,4-5H3,(H,26,29)(H,28,30);3H,1H2,2H3;1-2H3/b24-17-;;. The van der Waals surface area contributed by atoms with Crippen LogP contribution in [-0.4, -0.2) is 38.2 Å². The monoisotopic (exact) mass is 515 g/mol. The minimum Gasteiger partial charge on any atom is -0.491 e. The van der Waals surface area contributed by atoms with Gasteiger partial charge >= 0.3 is 0 Å². The molecule has 0 saturated heterocycles. The van der Waals surface area contributed by atoms with E-state index in [0.29, 0.717) is 46.5 Å². The van der Waals surface area contributed by atoms with E-state index >= 15 is 0 Å². The van der Waals surface area contributed by atoms with Gasteiger partial charge in [0.05, 0.1) is 6.61 Å². The Labute approximate surface area is 220 Å². The van der Waals surface area contributed by atoms with Crippen molar-refractivity contribution >= 4 is 35.5 Å². The van der Waals surface area contributed by atoms with Crippen molar-refractivity contribution in [2.75, 3.05) is 31.0 Å². The van der Waals surface area contributed by atoms with E-state index in [1.54, 1.807) is 50.4 Å². The Kier molecular flexibility index (Phi) is 16.8. The normalized spacial score (nSPS) is 10.6. The molecule has 2 aromatic carbocycles. The number of nitrogens with one attached hydrogen (secondary N) is 3. The van der Waals surface area contributed by atoms with Gasteiger partial charge in [-0.05, 0) is 63.2 Å². The number of ether oxygens (including phenoxy) is 2. The number of rotatable bonds is 10. The van der Waals surface area contributed by atoms with Crippen molar-refractivity contribution in [1.82, 2.24) is 5.32 Å². The van der Waals surface area contributed by atoms with Gasteiger partial charge in [-0.2, -0.15) is 0 Å². The van der Waals surface area contributed by atoms with Gasteiger partial charge in [0.25, 0.3) is 0 Å². The molecule has 3 N–H and O–H groups in total. The lowest BCUT2D eigenvalue weighted by Crippen LogP contribution is -2.33. The summed E-state index contributed by atoms with van der Waals surface area (Å²) in [6.45, 7) is 19.3. The summed E-state index contributed by atoms with van der Waals surface area (Å²) in [6.07, 6.45) is 1.50. The molecule has 8 heteroatoms. The van der Waals surface area contributed by atoms with Crippen molar-refractivity contribution in [1.29, 1.82) is 0 Å². The molecule has 0 heterocycles. The molecule has 0 fully saturated rings. The third-order valence-electron chi connectivity index (χ3n) is 4.35. The maximum Gasteiger partial charge on any atom is 0.233 e. The molecule has 0 aliphatic carbocycles. The second kappa shape index (κ2) is 18.6. The summed E-state index contributed by atoms with van der Waals surface area (Å²) in [5.74, 6) is -0.785. The van der Waals surface area contributed by atoms with Gasteiger partial charge in [0, 0.05) is 41.5 Å². The molecule has 0 aliphatic rings. The van der Waals surface area contributed by atoms with Crippen LogP contribution >= 0.6 is 0 Å². The SMILES string of the molecule is C=CC.C=c1cc(OCCOC)cc(F)/c1=C(/C)Nc1ccc(NC(=O)CC(=O)NC(C)C)cc1.CC. The third kappa shape index (κ3) is 13.3. The van der Waals surface area contributed by atoms with Gasteiger partial charge in [-0.25, -0.2) is 4.39 Å². The molecule has 0 aliphatic heterocycles. The van der Waals surface area contributed by atoms with E-state index in [1.165, 1.54) is 6.07 Å². The highest BCUT2D eigenvalue weighted by Crippen LogP contribution is 2.16. The number of anilines is 2. The Hall–Kier alpha value is -3.65. The number of amides is 2.